The fraction of sp³-hybridized carbons (Fsp3) is 0.583. The summed E-state index contributed by atoms with van der Waals surface area (Å²) in [5.74, 6) is 0.406. The smallest absolute Gasteiger partial charge is 0.337 e. The highest BCUT2D eigenvalue weighted by Gasteiger charge is 2.50. The molecule has 5 aliphatic rings. The van der Waals surface area contributed by atoms with Crippen LogP contribution in [0.3, 0.4) is 0 Å². The summed E-state index contributed by atoms with van der Waals surface area (Å²) >= 11 is 0. The average molecular weight is 635 g/mol. The van der Waals surface area contributed by atoms with E-state index in [1.54, 1.807) is 27.7 Å². The van der Waals surface area contributed by atoms with Crippen LogP contribution >= 0.6 is 0 Å². The van der Waals surface area contributed by atoms with Crippen LogP contribution in [0.25, 0.3) is 5.70 Å². The number of anilines is 1. The first-order valence-electron chi connectivity index (χ1n) is 16.5. The molecule has 1 aliphatic heterocycles. The molecule has 10 heteroatoms. The summed E-state index contributed by atoms with van der Waals surface area (Å²) in [6.45, 7) is 13.9. The molecule has 0 radical (unpaired) electrons. The van der Waals surface area contributed by atoms with Crippen molar-refractivity contribution in [3.8, 4) is 5.75 Å². The molecule has 4 aliphatic carbocycles. The summed E-state index contributed by atoms with van der Waals surface area (Å²) < 4.78 is 28.8. The zero-order valence-electron chi connectivity index (χ0n) is 27.7. The topological polar surface area (TPSA) is 129 Å². The Labute approximate surface area is 270 Å². The number of amides is 1. The molecule has 0 spiro atoms. The molecule has 0 saturated heterocycles. The van der Waals surface area contributed by atoms with Crippen LogP contribution in [0.2, 0.25) is 0 Å². The molecule has 46 heavy (non-hydrogen) atoms. The predicted molar refractivity (Wildman–Crippen MR) is 174 cm³/mol. The van der Waals surface area contributed by atoms with E-state index >= 15 is 4.39 Å². The first-order valence-corrected chi connectivity index (χ1v) is 16.5. The van der Waals surface area contributed by atoms with Gasteiger partial charge in [-0.2, -0.15) is 5.10 Å². The normalized spacial score (nSPS) is 26.2. The van der Waals surface area contributed by atoms with Crippen molar-refractivity contribution in [1.29, 1.82) is 0 Å². The Morgan fingerprint density at radius 2 is 1.85 bits per heavy atom. The van der Waals surface area contributed by atoms with E-state index in [-0.39, 0.29) is 39.9 Å². The third-order valence-electron chi connectivity index (χ3n) is 10.3. The van der Waals surface area contributed by atoms with Crippen molar-refractivity contribution in [3.05, 3.63) is 58.1 Å². The van der Waals surface area contributed by atoms with Gasteiger partial charge < -0.3 is 25.6 Å². The lowest BCUT2D eigenvalue weighted by molar-refractivity contribution is -0.155. The number of ether oxygens (including phenoxy) is 2. The monoisotopic (exact) mass is 634 g/mol. The SMILES string of the molecule is C=C(C)/C(=C(/c1cc(F)c2c(c1C)CCCO2)n1nc(C(=O)NCC23CC4CC(CC(C4)C2)C3)cc1N)[C@H](OC(C)(C)C)C(=O)O. The number of carbonyl (C=O) groups excluding carboxylic acids is 1. The lowest BCUT2D eigenvalue weighted by Crippen LogP contribution is -2.51. The number of rotatable bonds is 9. The van der Waals surface area contributed by atoms with Crippen LogP contribution < -0.4 is 15.8 Å². The number of carbonyl (C=O) groups is 2. The lowest BCUT2D eigenvalue weighted by Gasteiger charge is -2.56. The first kappa shape index (κ1) is 32.3. The van der Waals surface area contributed by atoms with Crippen LogP contribution in [0.1, 0.15) is 99.8 Å². The number of hydrogen-bond donors (Lipinski definition) is 3. The van der Waals surface area contributed by atoms with E-state index in [0.717, 1.165) is 37.0 Å². The van der Waals surface area contributed by atoms with Crippen molar-refractivity contribution in [2.24, 2.45) is 23.2 Å². The van der Waals surface area contributed by atoms with E-state index in [0.29, 0.717) is 48.3 Å². The second-order valence-corrected chi connectivity index (χ2v) is 15.2. The second-order valence-electron chi connectivity index (χ2n) is 15.2. The first-order chi connectivity index (χ1) is 21.6. The van der Waals surface area contributed by atoms with Gasteiger partial charge >= 0.3 is 5.97 Å². The molecule has 1 atom stereocenters. The maximum atomic E-state index is 15.7. The molecule has 4 saturated carbocycles. The zero-order chi connectivity index (χ0) is 33.1. The fourth-order valence-electron chi connectivity index (χ4n) is 8.96. The second kappa shape index (κ2) is 11.9. The standard InChI is InChI=1S/C36H47FN4O5/c1-19(2)29(32(34(43)44)46-35(4,5)6)30(25-13-26(37)31-24(20(25)3)8-7-9-45-31)41-28(38)14-27(40-41)33(42)39-18-36-15-21-10-22(16-36)12-23(11-21)17-36/h13-14,21-23,32H,1,7-12,15-18,38H2,2-6H3,(H,39,42)(H,43,44)/b30-29+/t21?,22?,23?,32-,36?/m0/s1. The summed E-state index contributed by atoms with van der Waals surface area (Å²) in [6.07, 6.45) is 7.24. The molecule has 2 aromatic rings. The predicted octanol–water partition coefficient (Wildman–Crippen LogP) is 6.29. The molecule has 4 bridgehead atoms. The number of carboxylic acids is 1. The van der Waals surface area contributed by atoms with Crippen LogP contribution in [-0.4, -0.2) is 51.6 Å². The van der Waals surface area contributed by atoms with Gasteiger partial charge in [-0.1, -0.05) is 6.58 Å². The Bertz CT molecular complexity index is 1580. The molecule has 4 N–H and O–H groups in total. The number of fused-ring (bicyclic) bond motifs is 1. The zero-order valence-corrected chi connectivity index (χ0v) is 27.7. The molecule has 1 amide bonds. The number of carboxylic acid groups (broad SMARTS) is 1. The number of nitrogens with two attached hydrogens (primary N) is 1. The molecule has 1 aromatic heterocycles. The number of benzene rings is 1. The Morgan fingerprint density at radius 1 is 1.22 bits per heavy atom. The lowest BCUT2D eigenvalue weighted by atomic mass is 9.49. The molecular weight excluding hydrogens is 587 g/mol. The van der Waals surface area contributed by atoms with Crippen LogP contribution in [0, 0.1) is 35.9 Å². The van der Waals surface area contributed by atoms with Gasteiger partial charge in [0.25, 0.3) is 5.91 Å². The van der Waals surface area contributed by atoms with E-state index in [1.807, 2.05) is 6.92 Å². The average Bonchev–Trinajstić information content (AvgIpc) is 3.35. The van der Waals surface area contributed by atoms with E-state index in [9.17, 15) is 14.7 Å². The number of aliphatic carboxylic acids is 1. The summed E-state index contributed by atoms with van der Waals surface area (Å²) in [4.78, 5) is 26.4. The van der Waals surface area contributed by atoms with Gasteiger partial charge in [0.15, 0.2) is 23.4 Å². The van der Waals surface area contributed by atoms with Crippen molar-refractivity contribution in [2.75, 3.05) is 18.9 Å². The van der Waals surface area contributed by atoms with Gasteiger partial charge in [-0.25, -0.2) is 13.9 Å². The third kappa shape index (κ3) is 6.08. The van der Waals surface area contributed by atoms with Crippen LogP contribution in [0.4, 0.5) is 10.2 Å². The maximum absolute atomic E-state index is 15.7. The minimum absolute atomic E-state index is 0.0994. The number of aromatic nitrogens is 2. The molecule has 1 aromatic carbocycles. The van der Waals surface area contributed by atoms with Crippen LogP contribution in [0.5, 0.6) is 5.75 Å². The quantitative estimate of drug-likeness (QED) is 0.277. The minimum Gasteiger partial charge on any atom is -0.490 e. The van der Waals surface area contributed by atoms with Crippen molar-refractivity contribution in [1.82, 2.24) is 15.1 Å². The van der Waals surface area contributed by atoms with Gasteiger partial charge in [-0.05, 0) is 126 Å². The summed E-state index contributed by atoms with van der Waals surface area (Å²) in [7, 11) is 0. The van der Waals surface area contributed by atoms with Gasteiger partial charge in [0.1, 0.15) is 5.82 Å². The molecule has 2 heterocycles. The van der Waals surface area contributed by atoms with Gasteiger partial charge in [0.05, 0.1) is 17.9 Å². The largest absolute Gasteiger partial charge is 0.490 e. The van der Waals surface area contributed by atoms with Gasteiger partial charge in [0, 0.05) is 29.3 Å². The summed E-state index contributed by atoms with van der Waals surface area (Å²) in [5, 5.41) is 18.3. The van der Waals surface area contributed by atoms with E-state index < -0.39 is 23.5 Å². The molecular formula is C36H47FN4O5. The highest BCUT2D eigenvalue weighted by Crippen LogP contribution is 2.59. The Kier molecular flexibility index (Phi) is 8.32. The molecule has 4 fully saturated rings. The third-order valence-corrected chi connectivity index (χ3v) is 10.3. The molecule has 9 nitrogen and oxygen atoms in total. The van der Waals surface area contributed by atoms with Crippen molar-refractivity contribution in [2.45, 2.75) is 97.7 Å². The Balaban J connectivity index is 1.44. The van der Waals surface area contributed by atoms with Crippen LogP contribution in [-0.2, 0) is 16.0 Å². The molecule has 248 valence electrons. The Morgan fingerprint density at radius 3 is 2.41 bits per heavy atom. The molecule has 7 rings (SSSR count). The maximum Gasteiger partial charge on any atom is 0.337 e. The summed E-state index contributed by atoms with van der Waals surface area (Å²) in [5.41, 5.74) is 8.49. The van der Waals surface area contributed by atoms with Gasteiger partial charge in [0.2, 0.25) is 0 Å². The van der Waals surface area contributed by atoms with Crippen molar-refractivity contribution >= 4 is 23.4 Å². The number of halogens is 1. The van der Waals surface area contributed by atoms with Crippen LogP contribution in [0.15, 0.2) is 29.9 Å². The van der Waals surface area contributed by atoms with Crippen molar-refractivity contribution < 1.29 is 28.6 Å². The van der Waals surface area contributed by atoms with Crippen molar-refractivity contribution in [3.63, 3.8) is 0 Å². The van der Waals surface area contributed by atoms with E-state index in [1.165, 1.54) is 36.1 Å². The minimum atomic E-state index is -1.49. The number of nitrogens with zero attached hydrogens (tertiary/aromatic N) is 2. The van der Waals surface area contributed by atoms with E-state index in [2.05, 4.69) is 17.0 Å². The highest BCUT2D eigenvalue weighted by molar-refractivity contribution is 5.94. The molecule has 0 unspecified atom stereocenters. The summed E-state index contributed by atoms with van der Waals surface area (Å²) in [6, 6.07) is 2.81. The van der Waals surface area contributed by atoms with Gasteiger partial charge in [-0.3, -0.25) is 4.79 Å². The fourth-order valence-corrected chi connectivity index (χ4v) is 8.96. The number of hydrogen-bond acceptors (Lipinski definition) is 6. The van der Waals surface area contributed by atoms with Gasteiger partial charge in [-0.15, -0.1) is 0 Å². The number of nitrogen functional groups attached to an aromatic ring is 1. The highest BCUT2D eigenvalue weighted by atomic mass is 19.1. The Hall–Kier alpha value is -3.66. The van der Waals surface area contributed by atoms with E-state index in [4.69, 9.17) is 15.2 Å². The number of nitrogens with one attached hydrogen (secondary N) is 1.